The van der Waals surface area contributed by atoms with Crippen molar-refractivity contribution in [1.82, 2.24) is 5.32 Å². The van der Waals surface area contributed by atoms with Crippen molar-refractivity contribution in [2.75, 3.05) is 18.1 Å². The van der Waals surface area contributed by atoms with Crippen LogP contribution in [0.3, 0.4) is 0 Å². The Balaban J connectivity index is 1.83. The lowest BCUT2D eigenvalue weighted by atomic mass is 10.1. The summed E-state index contributed by atoms with van der Waals surface area (Å²) in [5.41, 5.74) is 0. The molecule has 1 aromatic rings. The minimum Gasteiger partial charge on any atom is -0.459 e. The SMILES string of the molecule is O=C(NC[C@H]1CCS(=O)(=O)C1)c1ccco1. The van der Waals surface area contributed by atoms with E-state index in [1.807, 2.05) is 0 Å². The molecule has 6 heteroatoms. The van der Waals surface area contributed by atoms with E-state index in [1.165, 1.54) is 6.26 Å². The number of carbonyl (C=O) groups is 1. The van der Waals surface area contributed by atoms with Crippen LogP contribution in [0, 0.1) is 5.92 Å². The van der Waals surface area contributed by atoms with Crippen LogP contribution in [-0.4, -0.2) is 32.4 Å². The first-order chi connectivity index (χ1) is 7.57. The van der Waals surface area contributed by atoms with Gasteiger partial charge < -0.3 is 9.73 Å². The van der Waals surface area contributed by atoms with Gasteiger partial charge in [0.25, 0.3) is 5.91 Å². The number of nitrogens with one attached hydrogen (secondary N) is 1. The first kappa shape index (κ1) is 11.2. The quantitative estimate of drug-likeness (QED) is 0.836. The number of furan rings is 1. The molecule has 2 rings (SSSR count). The van der Waals surface area contributed by atoms with Crippen molar-refractivity contribution in [2.45, 2.75) is 6.42 Å². The number of rotatable bonds is 3. The van der Waals surface area contributed by atoms with Crippen molar-refractivity contribution < 1.29 is 17.6 Å². The lowest BCUT2D eigenvalue weighted by Crippen LogP contribution is -2.29. The maximum atomic E-state index is 11.5. The molecule has 0 aliphatic carbocycles. The van der Waals surface area contributed by atoms with Gasteiger partial charge in [-0.2, -0.15) is 0 Å². The van der Waals surface area contributed by atoms with Crippen molar-refractivity contribution in [3.05, 3.63) is 24.2 Å². The van der Waals surface area contributed by atoms with Gasteiger partial charge in [-0.1, -0.05) is 0 Å². The average molecular weight is 243 g/mol. The second-order valence-electron chi connectivity index (χ2n) is 3.96. The highest BCUT2D eigenvalue weighted by Crippen LogP contribution is 2.17. The predicted molar refractivity (Wildman–Crippen MR) is 57.8 cm³/mol. The van der Waals surface area contributed by atoms with Crippen molar-refractivity contribution in [3.63, 3.8) is 0 Å². The number of amides is 1. The van der Waals surface area contributed by atoms with Crippen LogP contribution < -0.4 is 5.32 Å². The van der Waals surface area contributed by atoms with Gasteiger partial charge in [-0.15, -0.1) is 0 Å². The van der Waals surface area contributed by atoms with Crippen LogP contribution in [0.1, 0.15) is 17.0 Å². The van der Waals surface area contributed by atoms with Crippen LogP contribution >= 0.6 is 0 Å². The third-order valence-electron chi connectivity index (χ3n) is 2.62. The standard InChI is InChI=1S/C10H13NO4S/c12-10(9-2-1-4-15-9)11-6-8-3-5-16(13,14)7-8/h1-2,4,8H,3,5-7H2,(H,11,12)/t8-/m1/s1. The van der Waals surface area contributed by atoms with Gasteiger partial charge in [0.2, 0.25) is 0 Å². The van der Waals surface area contributed by atoms with Crippen molar-refractivity contribution in [3.8, 4) is 0 Å². The molecular weight excluding hydrogens is 230 g/mol. The summed E-state index contributed by atoms with van der Waals surface area (Å²) in [4.78, 5) is 11.5. The van der Waals surface area contributed by atoms with E-state index >= 15 is 0 Å². The van der Waals surface area contributed by atoms with Gasteiger partial charge in [0.15, 0.2) is 15.6 Å². The van der Waals surface area contributed by atoms with Gasteiger partial charge in [0.1, 0.15) is 0 Å². The van der Waals surface area contributed by atoms with Gasteiger partial charge in [-0.25, -0.2) is 8.42 Å². The molecule has 0 radical (unpaired) electrons. The molecule has 2 heterocycles. The summed E-state index contributed by atoms with van der Waals surface area (Å²) >= 11 is 0. The zero-order chi connectivity index (χ0) is 11.6. The highest BCUT2D eigenvalue weighted by molar-refractivity contribution is 7.91. The molecule has 1 aromatic heterocycles. The molecule has 88 valence electrons. The normalized spacial score (nSPS) is 23.1. The van der Waals surface area contributed by atoms with Gasteiger partial charge >= 0.3 is 0 Å². The van der Waals surface area contributed by atoms with Crippen molar-refractivity contribution in [2.24, 2.45) is 5.92 Å². The summed E-state index contributed by atoms with van der Waals surface area (Å²) in [6.45, 7) is 0.388. The first-order valence-corrected chi connectivity index (χ1v) is 6.91. The molecule has 1 aliphatic rings. The number of carbonyl (C=O) groups excluding carboxylic acids is 1. The summed E-state index contributed by atoms with van der Waals surface area (Å²) in [6.07, 6.45) is 2.05. The Hall–Kier alpha value is -1.30. The number of hydrogen-bond donors (Lipinski definition) is 1. The van der Waals surface area contributed by atoms with E-state index in [9.17, 15) is 13.2 Å². The molecule has 0 aromatic carbocycles. The van der Waals surface area contributed by atoms with Gasteiger partial charge in [-0.3, -0.25) is 4.79 Å². The molecule has 0 bridgehead atoms. The molecule has 1 aliphatic heterocycles. The Morgan fingerprint density at radius 1 is 1.56 bits per heavy atom. The van der Waals surface area contributed by atoms with Crippen LogP contribution in [0.15, 0.2) is 22.8 Å². The van der Waals surface area contributed by atoms with Gasteiger partial charge in [0, 0.05) is 6.54 Å². The fourth-order valence-corrected chi connectivity index (χ4v) is 3.63. The molecule has 1 N–H and O–H groups in total. The highest BCUT2D eigenvalue weighted by Gasteiger charge is 2.28. The molecule has 0 spiro atoms. The fourth-order valence-electron chi connectivity index (χ4n) is 1.76. The Morgan fingerprint density at radius 2 is 2.38 bits per heavy atom. The van der Waals surface area contributed by atoms with E-state index in [1.54, 1.807) is 12.1 Å². The zero-order valence-electron chi connectivity index (χ0n) is 8.68. The summed E-state index contributed by atoms with van der Waals surface area (Å²) in [5.74, 6) is 0.388. The first-order valence-electron chi connectivity index (χ1n) is 5.09. The maximum absolute atomic E-state index is 11.5. The molecule has 1 saturated heterocycles. The summed E-state index contributed by atoms with van der Waals surface area (Å²) in [7, 11) is -2.87. The van der Waals surface area contributed by atoms with E-state index in [0.717, 1.165) is 0 Å². The lowest BCUT2D eigenvalue weighted by molar-refractivity contribution is 0.0920. The smallest absolute Gasteiger partial charge is 0.286 e. The highest BCUT2D eigenvalue weighted by atomic mass is 32.2. The minimum atomic E-state index is -2.87. The van der Waals surface area contributed by atoms with E-state index in [4.69, 9.17) is 4.42 Å². The molecule has 0 unspecified atom stereocenters. The molecule has 0 saturated carbocycles. The van der Waals surface area contributed by atoms with Crippen LogP contribution in [0.5, 0.6) is 0 Å². The van der Waals surface area contributed by atoms with E-state index in [-0.39, 0.29) is 29.1 Å². The Bertz CT molecular complexity index is 463. The molecule has 5 nitrogen and oxygen atoms in total. The maximum Gasteiger partial charge on any atom is 0.286 e. The Morgan fingerprint density at radius 3 is 2.94 bits per heavy atom. The third-order valence-corrected chi connectivity index (χ3v) is 4.46. The monoisotopic (exact) mass is 243 g/mol. The van der Waals surface area contributed by atoms with Crippen LogP contribution in [0.2, 0.25) is 0 Å². The summed E-state index contributed by atoms with van der Waals surface area (Å²) in [6, 6.07) is 3.20. The molecule has 1 fully saturated rings. The number of sulfone groups is 1. The van der Waals surface area contributed by atoms with Gasteiger partial charge in [-0.05, 0) is 24.5 Å². The van der Waals surface area contributed by atoms with Gasteiger partial charge in [0.05, 0.1) is 17.8 Å². The largest absolute Gasteiger partial charge is 0.459 e. The zero-order valence-corrected chi connectivity index (χ0v) is 9.50. The topological polar surface area (TPSA) is 76.4 Å². The lowest BCUT2D eigenvalue weighted by Gasteiger charge is -2.07. The molecular formula is C10H13NO4S. The Kier molecular flexibility index (Phi) is 3.00. The Labute approximate surface area is 93.7 Å². The minimum absolute atomic E-state index is 0.0314. The predicted octanol–water partition coefficient (Wildman–Crippen LogP) is 0.444. The molecule has 1 atom stereocenters. The second-order valence-corrected chi connectivity index (χ2v) is 6.19. The van der Waals surface area contributed by atoms with E-state index < -0.39 is 9.84 Å². The summed E-state index contributed by atoms with van der Waals surface area (Å²) in [5, 5.41) is 2.67. The van der Waals surface area contributed by atoms with Crippen LogP contribution in [-0.2, 0) is 9.84 Å². The fraction of sp³-hybridized carbons (Fsp3) is 0.500. The van der Waals surface area contributed by atoms with Crippen molar-refractivity contribution in [1.29, 1.82) is 0 Å². The number of hydrogen-bond acceptors (Lipinski definition) is 4. The summed E-state index contributed by atoms with van der Waals surface area (Å²) < 4.78 is 27.3. The average Bonchev–Trinajstić information content (AvgIpc) is 2.83. The molecule has 1 amide bonds. The van der Waals surface area contributed by atoms with E-state index in [0.29, 0.717) is 13.0 Å². The van der Waals surface area contributed by atoms with Crippen LogP contribution in [0.4, 0.5) is 0 Å². The van der Waals surface area contributed by atoms with E-state index in [2.05, 4.69) is 5.32 Å². The molecule has 16 heavy (non-hydrogen) atoms. The van der Waals surface area contributed by atoms with Crippen LogP contribution in [0.25, 0.3) is 0 Å². The van der Waals surface area contributed by atoms with Crippen molar-refractivity contribution >= 4 is 15.7 Å². The second kappa shape index (κ2) is 4.29. The third kappa shape index (κ3) is 2.63.